The monoisotopic (exact) mass is 313 g/mol. The lowest BCUT2D eigenvalue weighted by Gasteiger charge is -2.42. The van der Waals surface area contributed by atoms with Crippen LogP contribution in [0, 0.1) is 11.8 Å². The molecule has 2 heteroatoms. The van der Waals surface area contributed by atoms with Crippen molar-refractivity contribution in [2.45, 2.75) is 40.3 Å². The van der Waals surface area contributed by atoms with Crippen molar-refractivity contribution >= 4 is 0 Å². The lowest BCUT2D eigenvalue weighted by molar-refractivity contribution is -0.934. The topological polar surface area (TPSA) is 0 Å². The molecule has 0 saturated carbocycles. The summed E-state index contributed by atoms with van der Waals surface area (Å²) in [5.41, 5.74) is 1.43. The van der Waals surface area contributed by atoms with Crippen LogP contribution >= 0.6 is 0 Å². The average molecular weight is 314 g/mol. The second-order valence-electron chi connectivity index (χ2n) is 6.40. The number of rotatable bonds is 5. The molecule has 104 valence electrons. The van der Waals surface area contributed by atoms with E-state index < -0.39 is 0 Å². The largest absolute Gasteiger partial charge is 1.00 e. The average Bonchev–Trinajstić information content (AvgIpc) is 2.15. The molecule has 0 bridgehead atoms. The molecule has 0 unspecified atom stereocenters. The van der Waals surface area contributed by atoms with Crippen LogP contribution in [0.25, 0.3) is 0 Å². The standard InChI is InChI=1S/C16H28N.BrH/c1-13(2)16(14(3)4)17(5,6)12-15-10-8-7-9-11-15;/h7-11,13-14,16H,12H2,1-6H3;1H/q+1;/p-1. The Morgan fingerprint density at radius 2 is 1.33 bits per heavy atom. The van der Waals surface area contributed by atoms with E-state index in [0.29, 0.717) is 17.9 Å². The van der Waals surface area contributed by atoms with E-state index in [2.05, 4.69) is 72.1 Å². The molecule has 0 amide bonds. The van der Waals surface area contributed by atoms with Crippen molar-refractivity contribution in [1.29, 1.82) is 0 Å². The summed E-state index contributed by atoms with van der Waals surface area (Å²) in [5, 5.41) is 0. The summed E-state index contributed by atoms with van der Waals surface area (Å²) in [4.78, 5) is 0. The predicted molar refractivity (Wildman–Crippen MR) is 75.7 cm³/mol. The Hall–Kier alpha value is -0.340. The minimum atomic E-state index is 0. The van der Waals surface area contributed by atoms with Gasteiger partial charge in [-0.05, 0) is 0 Å². The molecule has 0 aromatic heterocycles. The van der Waals surface area contributed by atoms with Gasteiger partial charge in [-0.3, -0.25) is 0 Å². The van der Waals surface area contributed by atoms with Crippen LogP contribution in [-0.2, 0) is 6.54 Å². The van der Waals surface area contributed by atoms with E-state index in [1.54, 1.807) is 0 Å². The first-order valence-electron chi connectivity index (χ1n) is 6.71. The van der Waals surface area contributed by atoms with Gasteiger partial charge in [0.25, 0.3) is 0 Å². The number of hydrogen-bond donors (Lipinski definition) is 0. The zero-order chi connectivity index (χ0) is 13.1. The highest BCUT2D eigenvalue weighted by Gasteiger charge is 2.33. The van der Waals surface area contributed by atoms with E-state index >= 15 is 0 Å². The van der Waals surface area contributed by atoms with E-state index in [4.69, 9.17) is 0 Å². The normalized spacial score (nSPS) is 12.1. The number of hydrogen-bond acceptors (Lipinski definition) is 0. The zero-order valence-corrected chi connectivity index (χ0v) is 14.2. The number of halogens is 1. The summed E-state index contributed by atoms with van der Waals surface area (Å²) in [6, 6.07) is 11.5. The molecule has 0 radical (unpaired) electrons. The van der Waals surface area contributed by atoms with Crippen molar-refractivity contribution in [2.24, 2.45) is 11.8 Å². The van der Waals surface area contributed by atoms with Crippen molar-refractivity contribution in [3.63, 3.8) is 0 Å². The quantitative estimate of drug-likeness (QED) is 0.710. The third-order valence-corrected chi connectivity index (χ3v) is 3.61. The third-order valence-electron chi connectivity index (χ3n) is 3.61. The summed E-state index contributed by atoms with van der Waals surface area (Å²) in [6.45, 7) is 10.5. The molecule has 18 heavy (non-hydrogen) atoms. The van der Waals surface area contributed by atoms with Gasteiger partial charge in [-0.2, -0.15) is 0 Å². The van der Waals surface area contributed by atoms with Crippen LogP contribution in [0.3, 0.4) is 0 Å². The van der Waals surface area contributed by atoms with Crippen LogP contribution in [-0.4, -0.2) is 24.6 Å². The van der Waals surface area contributed by atoms with Gasteiger partial charge in [0, 0.05) is 17.4 Å². The van der Waals surface area contributed by atoms with Crippen LogP contribution in [0.5, 0.6) is 0 Å². The highest BCUT2D eigenvalue weighted by molar-refractivity contribution is 5.13. The second-order valence-corrected chi connectivity index (χ2v) is 6.40. The Kier molecular flexibility index (Phi) is 7.16. The summed E-state index contributed by atoms with van der Waals surface area (Å²) < 4.78 is 1.07. The van der Waals surface area contributed by atoms with Crippen molar-refractivity contribution in [3.05, 3.63) is 35.9 Å². The molecular weight excluding hydrogens is 286 g/mol. The Morgan fingerprint density at radius 3 is 1.72 bits per heavy atom. The van der Waals surface area contributed by atoms with E-state index in [9.17, 15) is 0 Å². The molecule has 0 aliphatic carbocycles. The van der Waals surface area contributed by atoms with Crippen molar-refractivity contribution in [2.75, 3.05) is 14.1 Å². The predicted octanol–water partition coefficient (Wildman–Crippen LogP) is 0.948. The fourth-order valence-electron chi connectivity index (χ4n) is 3.54. The smallest absolute Gasteiger partial charge is 0.104 e. The van der Waals surface area contributed by atoms with Gasteiger partial charge < -0.3 is 21.5 Å². The van der Waals surface area contributed by atoms with Gasteiger partial charge in [-0.15, -0.1) is 0 Å². The van der Waals surface area contributed by atoms with Gasteiger partial charge in [-0.25, -0.2) is 0 Å². The molecule has 1 aromatic carbocycles. The van der Waals surface area contributed by atoms with E-state index in [1.807, 2.05) is 0 Å². The Morgan fingerprint density at radius 1 is 0.889 bits per heavy atom. The second kappa shape index (κ2) is 7.30. The van der Waals surface area contributed by atoms with Crippen LogP contribution in [0.2, 0.25) is 0 Å². The highest BCUT2D eigenvalue weighted by Crippen LogP contribution is 2.25. The van der Waals surface area contributed by atoms with Gasteiger partial charge >= 0.3 is 0 Å². The molecule has 1 aromatic rings. The number of quaternary nitrogens is 1. The Bertz CT molecular complexity index is 322. The molecule has 0 atom stereocenters. The summed E-state index contributed by atoms with van der Waals surface area (Å²) in [6.07, 6.45) is 0. The molecule has 0 spiro atoms. The molecule has 0 fully saturated rings. The SMILES string of the molecule is CC(C)C(C(C)C)[N+](C)(C)Cc1ccccc1.[Br-]. The van der Waals surface area contributed by atoms with Gasteiger partial charge in [0.05, 0.1) is 20.1 Å². The molecule has 0 aliphatic heterocycles. The van der Waals surface area contributed by atoms with Gasteiger partial charge in [0.2, 0.25) is 0 Å². The molecule has 0 N–H and O–H groups in total. The lowest BCUT2D eigenvalue weighted by atomic mass is 9.90. The number of nitrogens with zero attached hydrogens (tertiary/aromatic N) is 1. The van der Waals surface area contributed by atoms with Crippen LogP contribution < -0.4 is 17.0 Å². The minimum absolute atomic E-state index is 0. The van der Waals surface area contributed by atoms with Gasteiger partial charge in [-0.1, -0.05) is 58.0 Å². The van der Waals surface area contributed by atoms with Gasteiger partial charge in [0.1, 0.15) is 6.54 Å². The van der Waals surface area contributed by atoms with Crippen molar-refractivity contribution < 1.29 is 21.5 Å². The maximum absolute atomic E-state index is 2.36. The molecule has 1 rings (SSSR count). The molecule has 0 aliphatic rings. The molecule has 1 nitrogen and oxygen atoms in total. The third kappa shape index (κ3) is 4.74. The van der Waals surface area contributed by atoms with Crippen molar-refractivity contribution in [1.82, 2.24) is 0 Å². The molecular formula is C16H28BrN. The maximum atomic E-state index is 2.36. The fraction of sp³-hybridized carbons (Fsp3) is 0.625. The minimum Gasteiger partial charge on any atom is -1.00 e. The summed E-state index contributed by atoms with van der Waals surface area (Å²) in [5.74, 6) is 1.43. The fourth-order valence-corrected chi connectivity index (χ4v) is 3.54. The van der Waals surface area contributed by atoms with Gasteiger partial charge in [0.15, 0.2) is 0 Å². The molecule has 0 heterocycles. The van der Waals surface area contributed by atoms with Crippen LogP contribution in [0.15, 0.2) is 30.3 Å². The van der Waals surface area contributed by atoms with Crippen LogP contribution in [0.4, 0.5) is 0 Å². The maximum Gasteiger partial charge on any atom is 0.104 e. The number of benzene rings is 1. The summed E-state index contributed by atoms with van der Waals surface area (Å²) in [7, 11) is 4.72. The van der Waals surface area contributed by atoms with Crippen LogP contribution in [0.1, 0.15) is 33.3 Å². The highest BCUT2D eigenvalue weighted by atomic mass is 79.9. The van der Waals surface area contributed by atoms with Crippen molar-refractivity contribution in [3.8, 4) is 0 Å². The van der Waals surface area contributed by atoms with E-state index in [0.717, 1.165) is 11.0 Å². The van der Waals surface area contributed by atoms with E-state index in [1.165, 1.54) is 5.56 Å². The Labute approximate surface area is 124 Å². The lowest BCUT2D eigenvalue weighted by Crippen LogP contribution is -3.00. The first-order chi connectivity index (χ1) is 7.84. The van der Waals surface area contributed by atoms with E-state index in [-0.39, 0.29) is 17.0 Å². The first-order valence-corrected chi connectivity index (χ1v) is 6.71. The summed E-state index contributed by atoms with van der Waals surface area (Å²) >= 11 is 0. The molecule has 0 saturated heterocycles. The Balaban J connectivity index is 0.00000289. The zero-order valence-electron chi connectivity index (χ0n) is 12.7. The first kappa shape index (κ1) is 17.7.